The number of piperidine rings is 1. The van der Waals surface area contributed by atoms with Gasteiger partial charge < -0.3 is 5.32 Å². The van der Waals surface area contributed by atoms with Gasteiger partial charge in [-0.3, -0.25) is 4.79 Å². The van der Waals surface area contributed by atoms with E-state index in [2.05, 4.69) is 5.32 Å². The highest BCUT2D eigenvalue weighted by molar-refractivity contribution is 5.96. The van der Waals surface area contributed by atoms with Gasteiger partial charge in [-0.05, 0) is 43.7 Å². The van der Waals surface area contributed by atoms with Crippen LogP contribution in [0.2, 0.25) is 0 Å². The fraction of sp³-hybridized carbons (Fsp3) is 0.533. The second kappa shape index (κ2) is 5.00. The van der Waals surface area contributed by atoms with E-state index in [1.807, 2.05) is 0 Å². The van der Waals surface area contributed by atoms with Gasteiger partial charge in [-0.1, -0.05) is 6.07 Å². The summed E-state index contributed by atoms with van der Waals surface area (Å²) in [5.41, 5.74) is -0.106. The number of carbonyl (C=O) groups excluding carboxylic acids is 1. The summed E-state index contributed by atoms with van der Waals surface area (Å²) < 4.78 is 26.7. The molecule has 2 aliphatic rings. The lowest BCUT2D eigenvalue weighted by atomic mass is 9.87. The highest BCUT2D eigenvalue weighted by atomic mass is 19.2. The van der Waals surface area contributed by atoms with Gasteiger partial charge >= 0.3 is 0 Å². The Kier molecular flexibility index (Phi) is 3.35. The first-order chi connectivity index (χ1) is 9.13. The number of hydrogen-bond acceptors (Lipinski definition) is 2. The minimum absolute atomic E-state index is 0.106. The molecule has 0 radical (unpaired) electrons. The summed E-state index contributed by atoms with van der Waals surface area (Å²) in [7, 11) is 0. The largest absolute Gasteiger partial charge is 0.311 e. The summed E-state index contributed by atoms with van der Waals surface area (Å²) in [6, 6.07) is 4.81. The Balaban J connectivity index is 1.70. The fourth-order valence-electron chi connectivity index (χ4n) is 3.43. The van der Waals surface area contributed by atoms with Crippen LogP contribution in [0.1, 0.15) is 42.5 Å². The maximum Gasteiger partial charge on any atom is 0.169 e. The van der Waals surface area contributed by atoms with Crippen molar-refractivity contribution in [3.8, 4) is 0 Å². The van der Waals surface area contributed by atoms with Gasteiger partial charge in [-0.2, -0.15) is 0 Å². The normalized spacial score (nSPS) is 29.5. The van der Waals surface area contributed by atoms with Gasteiger partial charge in [-0.15, -0.1) is 0 Å². The number of fused-ring (bicyclic) bond motifs is 2. The van der Waals surface area contributed by atoms with E-state index in [-0.39, 0.29) is 11.3 Å². The smallest absolute Gasteiger partial charge is 0.169 e. The van der Waals surface area contributed by atoms with E-state index < -0.39 is 11.6 Å². The first-order valence-corrected chi connectivity index (χ1v) is 6.86. The quantitative estimate of drug-likeness (QED) is 0.851. The van der Waals surface area contributed by atoms with Crippen LogP contribution in [-0.2, 0) is 0 Å². The molecule has 1 N–H and O–H groups in total. The van der Waals surface area contributed by atoms with Crippen molar-refractivity contribution in [3.05, 3.63) is 35.4 Å². The molecule has 2 unspecified atom stereocenters. The number of hydrogen-bond donors (Lipinski definition) is 1. The molecule has 0 saturated carbocycles. The van der Waals surface area contributed by atoms with Crippen molar-refractivity contribution in [2.75, 3.05) is 0 Å². The Morgan fingerprint density at radius 2 is 1.89 bits per heavy atom. The highest BCUT2D eigenvalue weighted by Gasteiger charge is 2.34. The van der Waals surface area contributed by atoms with Gasteiger partial charge in [0.1, 0.15) is 0 Å². The molecule has 2 heterocycles. The molecule has 2 atom stereocenters. The zero-order valence-electron chi connectivity index (χ0n) is 10.7. The number of Topliss-reactive ketones (excluding diaryl/α,β-unsaturated/α-hetero) is 1. The van der Waals surface area contributed by atoms with Crippen LogP contribution in [0, 0.1) is 17.6 Å². The van der Waals surface area contributed by atoms with Crippen molar-refractivity contribution in [1.29, 1.82) is 0 Å². The van der Waals surface area contributed by atoms with Crippen molar-refractivity contribution < 1.29 is 13.6 Å². The molecule has 0 aliphatic carbocycles. The Labute approximate surface area is 111 Å². The lowest BCUT2D eigenvalue weighted by Gasteiger charge is -2.28. The zero-order chi connectivity index (χ0) is 13.4. The maximum atomic E-state index is 13.6. The summed E-state index contributed by atoms with van der Waals surface area (Å²) in [6.45, 7) is 0. The fourth-order valence-corrected chi connectivity index (χ4v) is 3.43. The van der Waals surface area contributed by atoms with E-state index in [9.17, 15) is 13.6 Å². The van der Waals surface area contributed by atoms with Gasteiger partial charge in [0.25, 0.3) is 0 Å². The molecule has 2 bridgehead atoms. The molecule has 4 heteroatoms. The van der Waals surface area contributed by atoms with Gasteiger partial charge in [-0.25, -0.2) is 8.78 Å². The minimum atomic E-state index is -1.01. The lowest BCUT2D eigenvalue weighted by molar-refractivity contribution is 0.0940. The number of benzene rings is 1. The molecule has 102 valence electrons. The summed E-state index contributed by atoms with van der Waals surface area (Å²) in [5.74, 6) is -1.93. The predicted octanol–water partition coefficient (Wildman–Crippen LogP) is 3.07. The van der Waals surface area contributed by atoms with Crippen molar-refractivity contribution in [3.63, 3.8) is 0 Å². The van der Waals surface area contributed by atoms with E-state index in [0.717, 1.165) is 18.9 Å². The van der Waals surface area contributed by atoms with Crippen molar-refractivity contribution >= 4 is 5.78 Å². The van der Waals surface area contributed by atoms with E-state index in [1.54, 1.807) is 0 Å². The second-order valence-electron chi connectivity index (χ2n) is 5.70. The topological polar surface area (TPSA) is 29.1 Å². The summed E-state index contributed by atoms with van der Waals surface area (Å²) >= 11 is 0. The monoisotopic (exact) mass is 265 g/mol. The average molecular weight is 265 g/mol. The molecule has 1 aromatic rings. The zero-order valence-corrected chi connectivity index (χ0v) is 10.7. The van der Waals surface area contributed by atoms with E-state index >= 15 is 0 Å². The molecule has 0 spiro atoms. The van der Waals surface area contributed by atoms with Crippen molar-refractivity contribution in [1.82, 2.24) is 5.32 Å². The highest BCUT2D eigenvalue weighted by Crippen LogP contribution is 2.33. The van der Waals surface area contributed by atoms with Crippen LogP contribution in [0.3, 0.4) is 0 Å². The van der Waals surface area contributed by atoms with Crippen LogP contribution in [0.4, 0.5) is 8.78 Å². The molecule has 0 amide bonds. The maximum absolute atomic E-state index is 13.6. The number of rotatable bonds is 3. The molecule has 2 saturated heterocycles. The summed E-state index contributed by atoms with van der Waals surface area (Å²) in [4.78, 5) is 12.1. The molecule has 2 nitrogen and oxygen atoms in total. The number of halogens is 2. The third-order valence-electron chi connectivity index (χ3n) is 4.30. The molecule has 0 aromatic heterocycles. The Bertz CT molecular complexity index is 491. The molecule has 1 aromatic carbocycles. The third-order valence-corrected chi connectivity index (χ3v) is 4.30. The molecular formula is C15H17F2NO. The van der Waals surface area contributed by atoms with Crippen molar-refractivity contribution in [2.24, 2.45) is 5.92 Å². The van der Waals surface area contributed by atoms with Gasteiger partial charge in [0.2, 0.25) is 0 Å². The molecule has 19 heavy (non-hydrogen) atoms. The van der Waals surface area contributed by atoms with Crippen molar-refractivity contribution in [2.45, 2.75) is 44.2 Å². The van der Waals surface area contributed by atoms with Crippen LogP contribution in [0.25, 0.3) is 0 Å². The number of ketones is 1. The lowest BCUT2D eigenvalue weighted by Crippen LogP contribution is -2.38. The molecule has 2 aliphatic heterocycles. The Morgan fingerprint density at radius 1 is 1.21 bits per heavy atom. The van der Waals surface area contributed by atoms with Crippen LogP contribution < -0.4 is 5.32 Å². The van der Waals surface area contributed by atoms with E-state index in [1.165, 1.54) is 25.0 Å². The Hall–Kier alpha value is -1.29. The first-order valence-electron chi connectivity index (χ1n) is 6.86. The van der Waals surface area contributed by atoms with Gasteiger partial charge in [0.15, 0.2) is 17.4 Å². The number of carbonyl (C=O) groups is 1. The Morgan fingerprint density at radius 3 is 2.58 bits per heavy atom. The van der Waals surface area contributed by atoms with E-state index in [4.69, 9.17) is 0 Å². The molecule has 3 rings (SSSR count). The van der Waals surface area contributed by atoms with E-state index in [0.29, 0.717) is 24.4 Å². The average Bonchev–Trinajstić information content (AvgIpc) is 2.72. The van der Waals surface area contributed by atoms with Crippen LogP contribution >= 0.6 is 0 Å². The van der Waals surface area contributed by atoms with Gasteiger partial charge in [0.05, 0.1) is 5.56 Å². The third kappa shape index (κ3) is 2.54. The van der Waals surface area contributed by atoms with Crippen LogP contribution in [-0.4, -0.2) is 17.9 Å². The number of nitrogens with one attached hydrogen (secondary N) is 1. The second-order valence-corrected chi connectivity index (χ2v) is 5.70. The summed E-state index contributed by atoms with van der Waals surface area (Å²) in [6.07, 6.45) is 4.61. The minimum Gasteiger partial charge on any atom is -0.311 e. The van der Waals surface area contributed by atoms with Crippen LogP contribution in [0.5, 0.6) is 0 Å². The molecule has 2 fully saturated rings. The first kappa shape index (κ1) is 12.7. The van der Waals surface area contributed by atoms with Gasteiger partial charge in [0, 0.05) is 18.5 Å². The predicted molar refractivity (Wildman–Crippen MR) is 68.0 cm³/mol. The standard InChI is InChI=1S/C15H17F2NO/c16-13-3-1-2-12(15(13)17)14(19)8-9-6-10-4-5-11(7-9)18-10/h1-3,9-11,18H,4-8H2. The van der Waals surface area contributed by atoms with Crippen LogP contribution in [0.15, 0.2) is 18.2 Å². The SMILES string of the molecule is O=C(CC1CC2CCC(C1)N2)c1cccc(F)c1F. The molecular weight excluding hydrogens is 248 g/mol. The summed E-state index contributed by atoms with van der Waals surface area (Å²) in [5, 5.41) is 3.51.